The van der Waals surface area contributed by atoms with Crippen LogP contribution in [0.4, 0.5) is 26.4 Å². The summed E-state index contributed by atoms with van der Waals surface area (Å²) >= 11 is 0. The lowest BCUT2D eigenvalue weighted by molar-refractivity contribution is -0.0462. The maximum Gasteiger partial charge on any atom is 0.407 e. The van der Waals surface area contributed by atoms with Crippen molar-refractivity contribution in [3.63, 3.8) is 0 Å². The molecule has 2 aromatic carbocycles. The summed E-state index contributed by atoms with van der Waals surface area (Å²) in [6.45, 7) is 10.4. The Morgan fingerprint density at radius 1 is 1.08 bits per heavy atom. The second kappa shape index (κ2) is 10.8. The van der Waals surface area contributed by atoms with E-state index in [4.69, 9.17) is 0 Å². The van der Waals surface area contributed by atoms with Crippen molar-refractivity contribution in [1.29, 1.82) is 0 Å². The number of piperazine rings is 1. The van der Waals surface area contributed by atoms with E-state index in [1.807, 2.05) is 19.1 Å². The van der Waals surface area contributed by atoms with Crippen molar-refractivity contribution in [2.45, 2.75) is 44.7 Å². The van der Waals surface area contributed by atoms with Crippen molar-refractivity contribution in [1.82, 2.24) is 14.8 Å². The van der Waals surface area contributed by atoms with Crippen LogP contribution in [-0.4, -0.2) is 59.6 Å². The molecular weight excluding hydrogens is 521 g/mol. The standard InChI is InChI=1S/C28H34FN5O4S/c1-27(2,3)28(4)19-33(14-15-34(28)26(35)36)18-20-8-10-22(11-9-20)32-39(37,38)24-12-13-25(30-17-24)31-23-7-5-6-21(29)16-23/h5-13,16-17,32H,14-15,18-19H2,1-4H3,(H,30,31)(H,35,36)/t28-/m1/s1. The lowest BCUT2D eigenvalue weighted by Crippen LogP contribution is -2.67. The molecule has 0 saturated carbocycles. The second-order valence-electron chi connectivity index (χ2n) is 11.0. The number of rotatable bonds is 7. The number of nitrogens with zero attached hydrogens (tertiary/aromatic N) is 3. The van der Waals surface area contributed by atoms with Crippen LogP contribution in [0.1, 0.15) is 33.3 Å². The topological polar surface area (TPSA) is 115 Å². The third-order valence-electron chi connectivity index (χ3n) is 7.37. The molecule has 4 rings (SSSR count). The summed E-state index contributed by atoms with van der Waals surface area (Å²) in [7, 11) is -3.87. The fourth-order valence-corrected chi connectivity index (χ4v) is 5.65. The highest BCUT2D eigenvalue weighted by atomic mass is 32.2. The van der Waals surface area contributed by atoms with Crippen molar-refractivity contribution >= 4 is 33.3 Å². The molecule has 208 valence electrons. The Balaban J connectivity index is 1.39. The Morgan fingerprint density at radius 2 is 1.79 bits per heavy atom. The van der Waals surface area contributed by atoms with Crippen molar-refractivity contribution in [2.24, 2.45) is 5.41 Å². The highest BCUT2D eigenvalue weighted by Gasteiger charge is 2.48. The first-order chi connectivity index (χ1) is 18.3. The summed E-state index contributed by atoms with van der Waals surface area (Å²) in [5.74, 6) is -0.00536. The highest BCUT2D eigenvalue weighted by Crippen LogP contribution is 2.38. The van der Waals surface area contributed by atoms with Gasteiger partial charge in [0.1, 0.15) is 16.5 Å². The summed E-state index contributed by atoms with van der Waals surface area (Å²) in [5, 5.41) is 12.7. The predicted octanol–water partition coefficient (Wildman–Crippen LogP) is 5.37. The first-order valence-electron chi connectivity index (χ1n) is 12.6. The molecule has 1 fully saturated rings. The quantitative estimate of drug-likeness (QED) is 0.359. The Hall–Kier alpha value is -3.70. The number of carbonyl (C=O) groups is 1. The minimum atomic E-state index is -3.87. The molecular formula is C28H34FN5O4S. The first-order valence-corrected chi connectivity index (χ1v) is 14.1. The molecule has 3 aromatic rings. The van der Waals surface area contributed by atoms with Crippen LogP contribution in [0.2, 0.25) is 0 Å². The molecule has 1 atom stereocenters. The van der Waals surface area contributed by atoms with Crippen LogP contribution in [0.3, 0.4) is 0 Å². The van der Waals surface area contributed by atoms with E-state index in [2.05, 4.69) is 40.7 Å². The highest BCUT2D eigenvalue weighted by molar-refractivity contribution is 7.92. The maximum absolute atomic E-state index is 13.4. The number of carboxylic acid groups (broad SMARTS) is 1. The van der Waals surface area contributed by atoms with Gasteiger partial charge in [0.2, 0.25) is 0 Å². The zero-order valence-electron chi connectivity index (χ0n) is 22.5. The molecule has 1 aromatic heterocycles. The molecule has 0 aliphatic carbocycles. The average molecular weight is 556 g/mol. The van der Waals surface area contributed by atoms with Crippen LogP contribution >= 0.6 is 0 Å². The molecule has 1 amide bonds. The molecule has 39 heavy (non-hydrogen) atoms. The van der Waals surface area contributed by atoms with Crippen LogP contribution in [0.15, 0.2) is 71.8 Å². The fraction of sp³-hybridized carbons (Fsp3) is 0.357. The Bertz CT molecular complexity index is 1430. The lowest BCUT2D eigenvalue weighted by Gasteiger charge is -2.54. The lowest BCUT2D eigenvalue weighted by atomic mass is 9.72. The van der Waals surface area contributed by atoms with Gasteiger partial charge in [-0.15, -0.1) is 0 Å². The largest absolute Gasteiger partial charge is 0.465 e. The normalized spacial score (nSPS) is 18.5. The van der Waals surface area contributed by atoms with E-state index in [9.17, 15) is 22.7 Å². The predicted molar refractivity (Wildman–Crippen MR) is 149 cm³/mol. The van der Waals surface area contributed by atoms with Crippen molar-refractivity contribution in [3.8, 4) is 0 Å². The van der Waals surface area contributed by atoms with Crippen molar-refractivity contribution in [2.75, 3.05) is 29.7 Å². The molecule has 1 aliphatic heterocycles. The zero-order chi connectivity index (χ0) is 28.4. The van der Waals surface area contributed by atoms with Gasteiger partial charge in [-0.3, -0.25) is 14.5 Å². The number of pyridine rings is 1. The van der Waals surface area contributed by atoms with E-state index >= 15 is 0 Å². The van der Waals surface area contributed by atoms with E-state index in [-0.39, 0.29) is 10.3 Å². The third kappa shape index (κ3) is 6.48. The van der Waals surface area contributed by atoms with Gasteiger partial charge in [0, 0.05) is 43.8 Å². The minimum absolute atomic E-state index is 0.00543. The van der Waals surface area contributed by atoms with Gasteiger partial charge in [-0.2, -0.15) is 0 Å². The van der Waals surface area contributed by atoms with Crippen LogP contribution in [0.25, 0.3) is 0 Å². The summed E-state index contributed by atoms with van der Waals surface area (Å²) in [4.78, 5) is 19.8. The van der Waals surface area contributed by atoms with Gasteiger partial charge in [0.15, 0.2) is 0 Å². The number of sulfonamides is 1. The minimum Gasteiger partial charge on any atom is -0.465 e. The SMILES string of the molecule is CC(C)(C)[C@@]1(C)CN(Cc2ccc(NS(=O)(=O)c3ccc(Nc4cccc(F)c4)nc3)cc2)CCN1C(=O)O. The molecule has 1 saturated heterocycles. The van der Waals surface area contributed by atoms with Crippen LogP contribution in [-0.2, 0) is 16.6 Å². The molecule has 11 heteroatoms. The average Bonchev–Trinajstić information content (AvgIpc) is 2.85. The molecule has 0 spiro atoms. The fourth-order valence-electron chi connectivity index (χ4n) is 4.65. The van der Waals surface area contributed by atoms with Gasteiger partial charge < -0.3 is 10.4 Å². The summed E-state index contributed by atoms with van der Waals surface area (Å²) in [6.07, 6.45) is 0.331. The molecule has 0 bridgehead atoms. The van der Waals surface area contributed by atoms with E-state index in [1.54, 1.807) is 29.2 Å². The zero-order valence-corrected chi connectivity index (χ0v) is 23.3. The molecule has 9 nitrogen and oxygen atoms in total. The summed E-state index contributed by atoms with van der Waals surface area (Å²) < 4.78 is 41.7. The Labute approximate surface area is 228 Å². The van der Waals surface area contributed by atoms with E-state index < -0.39 is 27.5 Å². The number of anilines is 3. The number of hydrogen-bond acceptors (Lipinski definition) is 6. The monoisotopic (exact) mass is 555 g/mol. The van der Waals surface area contributed by atoms with Gasteiger partial charge >= 0.3 is 6.09 Å². The van der Waals surface area contributed by atoms with Crippen molar-refractivity contribution < 1.29 is 22.7 Å². The molecule has 3 N–H and O–H groups in total. The Kier molecular flexibility index (Phi) is 7.85. The van der Waals surface area contributed by atoms with Crippen LogP contribution in [0, 0.1) is 11.2 Å². The number of hydrogen-bond donors (Lipinski definition) is 3. The van der Waals surface area contributed by atoms with Gasteiger partial charge in [0.05, 0.1) is 5.54 Å². The van der Waals surface area contributed by atoms with Crippen LogP contribution in [0.5, 0.6) is 0 Å². The van der Waals surface area contributed by atoms with Gasteiger partial charge in [0.25, 0.3) is 10.0 Å². The van der Waals surface area contributed by atoms with E-state index in [0.717, 1.165) is 5.56 Å². The Morgan fingerprint density at radius 3 is 2.38 bits per heavy atom. The van der Waals surface area contributed by atoms with E-state index in [0.29, 0.717) is 43.4 Å². The summed E-state index contributed by atoms with van der Waals surface area (Å²) in [6, 6.07) is 16.0. The third-order valence-corrected chi connectivity index (χ3v) is 8.74. The van der Waals surface area contributed by atoms with Crippen molar-refractivity contribution in [3.05, 3.63) is 78.2 Å². The van der Waals surface area contributed by atoms with Crippen LogP contribution < -0.4 is 10.0 Å². The molecule has 0 radical (unpaired) electrons. The van der Waals surface area contributed by atoms with E-state index in [1.165, 1.54) is 30.5 Å². The van der Waals surface area contributed by atoms with Gasteiger partial charge in [-0.1, -0.05) is 39.0 Å². The van der Waals surface area contributed by atoms with Gasteiger partial charge in [-0.25, -0.2) is 22.6 Å². The molecule has 1 aliphatic rings. The number of nitrogens with one attached hydrogen (secondary N) is 2. The number of aromatic nitrogens is 1. The first kappa shape index (κ1) is 28.3. The second-order valence-corrected chi connectivity index (χ2v) is 12.7. The smallest absolute Gasteiger partial charge is 0.407 e. The maximum atomic E-state index is 13.4. The number of benzene rings is 2. The number of amides is 1. The molecule has 2 heterocycles. The molecule has 0 unspecified atom stereocenters. The summed E-state index contributed by atoms with van der Waals surface area (Å²) in [5.41, 5.74) is 1.10. The van der Waals surface area contributed by atoms with Gasteiger partial charge in [-0.05, 0) is 60.4 Å². The number of halogens is 1.